The van der Waals surface area contributed by atoms with Crippen LogP contribution in [0.4, 0.5) is 5.69 Å². The number of H-pyrrole nitrogens is 1. The van der Waals surface area contributed by atoms with Crippen molar-refractivity contribution in [1.82, 2.24) is 5.27 Å². The van der Waals surface area contributed by atoms with Crippen LogP contribution >= 0.6 is 11.8 Å². The number of ether oxygens (including phenoxy) is 2. The van der Waals surface area contributed by atoms with Crippen molar-refractivity contribution < 1.29 is 23.5 Å². The number of methoxy groups -OCH3 is 1. The van der Waals surface area contributed by atoms with E-state index in [1.165, 1.54) is 4.68 Å². The van der Waals surface area contributed by atoms with Gasteiger partial charge in [0.1, 0.15) is 11.5 Å². The number of benzene rings is 2. The van der Waals surface area contributed by atoms with Crippen molar-refractivity contribution in [3.05, 3.63) is 59.0 Å². The lowest BCUT2D eigenvalue weighted by Gasteiger charge is -2.15. The normalized spacial score (nSPS) is 11.7. The highest BCUT2D eigenvalue weighted by Gasteiger charge is 2.30. The first-order valence-corrected chi connectivity index (χ1v) is 10.4. The monoisotopic (exact) mass is 430 g/mol. The average molecular weight is 431 g/mol. The van der Waals surface area contributed by atoms with E-state index >= 15 is 0 Å². The average Bonchev–Trinajstić information content (AvgIpc) is 3.13. The third-order valence-electron chi connectivity index (χ3n) is 4.30. The molecule has 0 aliphatic rings. The van der Waals surface area contributed by atoms with E-state index in [-0.39, 0.29) is 10.9 Å². The molecule has 3 aromatic rings. The zero-order valence-corrected chi connectivity index (χ0v) is 17.8. The zero-order valence-electron chi connectivity index (χ0n) is 17.0. The fourth-order valence-electron chi connectivity index (χ4n) is 2.79. The summed E-state index contributed by atoms with van der Waals surface area (Å²) in [6, 6.07) is 14.4. The second-order valence-corrected chi connectivity index (χ2v) is 7.44. The first-order chi connectivity index (χ1) is 14.6. The summed E-state index contributed by atoms with van der Waals surface area (Å²) in [5, 5.41) is 5.25. The van der Waals surface area contributed by atoms with E-state index in [0.717, 1.165) is 11.8 Å². The maximum Gasteiger partial charge on any atom is 0.442 e. The fraction of sp³-hybridized carbons (Fsp3) is 0.286. The predicted octanol–water partition coefficient (Wildman–Crippen LogP) is 3.16. The van der Waals surface area contributed by atoms with Gasteiger partial charge in [0, 0.05) is 12.1 Å². The maximum absolute atomic E-state index is 12.9. The van der Waals surface area contributed by atoms with Crippen molar-refractivity contribution in [3.8, 4) is 17.2 Å². The van der Waals surface area contributed by atoms with Crippen LogP contribution in [-0.2, 0) is 4.79 Å². The van der Waals surface area contributed by atoms with Gasteiger partial charge in [-0.1, -0.05) is 19.1 Å². The van der Waals surface area contributed by atoms with Gasteiger partial charge in [-0.25, -0.2) is 4.79 Å². The zero-order chi connectivity index (χ0) is 21.5. The molecule has 0 bridgehead atoms. The van der Waals surface area contributed by atoms with Crippen molar-refractivity contribution in [2.24, 2.45) is 0 Å². The summed E-state index contributed by atoms with van der Waals surface area (Å²) < 4.78 is 17.2. The van der Waals surface area contributed by atoms with Crippen LogP contribution in [0.25, 0.3) is 5.69 Å². The summed E-state index contributed by atoms with van der Waals surface area (Å²) in [6.45, 7) is 4.26. The lowest BCUT2D eigenvalue weighted by atomic mass is 10.2. The van der Waals surface area contributed by atoms with E-state index in [9.17, 15) is 9.59 Å². The quantitative estimate of drug-likeness (QED) is 0.400. The maximum atomic E-state index is 12.9. The molecule has 158 valence electrons. The minimum atomic E-state index is -0.545. The van der Waals surface area contributed by atoms with Gasteiger partial charge in [-0.05, 0) is 59.3 Å². The molecule has 3 rings (SSSR count). The molecule has 0 aliphatic carbocycles. The third-order valence-corrected chi connectivity index (χ3v) is 5.70. The number of anilines is 1. The SMILES string of the molecule is CCOc1ccccc1NC(=O)C(CC)Sc1c(=O)o[nH][n+]1-c1ccc(OC)cc1. The molecular formula is C21H24N3O5S+. The number of hydrogen-bond acceptors (Lipinski definition) is 6. The molecule has 0 spiro atoms. The molecule has 30 heavy (non-hydrogen) atoms. The molecule has 1 aromatic heterocycles. The van der Waals surface area contributed by atoms with E-state index in [0.29, 0.717) is 35.9 Å². The Bertz CT molecular complexity index is 1050. The van der Waals surface area contributed by atoms with Crippen LogP contribution in [0.5, 0.6) is 11.5 Å². The number of para-hydroxylation sites is 2. The molecule has 2 N–H and O–H groups in total. The summed E-state index contributed by atoms with van der Waals surface area (Å²) in [6.07, 6.45) is 0.514. The summed E-state index contributed by atoms with van der Waals surface area (Å²) in [5.41, 5.74) is 0.727. The molecule has 0 saturated carbocycles. The molecule has 0 radical (unpaired) electrons. The Hall–Kier alpha value is -3.20. The first kappa shape index (κ1) is 21.5. The van der Waals surface area contributed by atoms with Crippen molar-refractivity contribution in [2.45, 2.75) is 30.5 Å². The number of hydrogen-bond donors (Lipinski definition) is 2. The molecule has 1 amide bonds. The van der Waals surface area contributed by atoms with E-state index < -0.39 is 10.9 Å². The highest BCUT2D eigenvalue weighted by atomic mass is 32.2. The van der Waals surface area contributed by atoms with Crippen LogP contribution in [0.2, 0.25) is 0 Å². The van der Waals surface area contributed by atoms with Crippen LogP contribution in [0.15, 0.2) is 62.9 Å². The van der Waals surface area contributed by atoms with E-state index in [2.05, 4.69) is 10.6 Å². The Kier molecular flexibility index (Phi) is 7.18. The van der Waals surface area contributed by atoms with Crippen LogP contribution in [0, 0.1) is 0 Å². The topological polar surface area (TPSA) is 97.4 Å². The van der Waals surface area contributed by atoms with Crippen molar-refractivity contribution >= 4 is 23.4 Å². The number of amides is 1. The second kappa shape index (κ2) is 10.0. The first-order valence-electron chi connectivity index (χ1n) is 9.54. The molecule has 0 aliphatic heterocycles. The number of nitrogens with zero attached hydrogens (tertiary/aromatic N) is 1. The Morgan fingerprint density at radius 1 is 1.20 bits per heavy atom. The van der Waals surface area contributed by atoms with Crippen LogP contribution < -0.4 is 25.1 Å². The van der Waals surface area contributed by atoms with Gasteiger partial charge >= 0.3 is 10.7 Å². The smallest absolute Gasteiger partial charge is 0.442 e. The Balaban J connectivity index is 1.81. The number of nitrogens with one attached hydrogen (secondary N) is 2. The predicted molar refractivity (Wildman–Crippen MR) is 114 cm³/mol. The standard InChI is InChI=1S/C21H23N3O5S/c1-4-18(19(25)22-16-8-6-7-9-17(16)28-5-2)30-20-21(26)29-23-24(20)14-10-12-15(27-3)13-11-14/h6-13,18H,4-5H2,1-3H3,(H-,22,23,25,26)/p+1. The summed E-state index contributed by atoms with van der Waals surface area (Å²) in [4.78, 5) is 25.2. The minimum absolute atomic E-state index is 0.225. The van der Waals surface area contributed by atoms with Gasteiger partial charge in [-0.15, -0.1) is 0 Å². The van der Waals surface area contributed by atoms with Gasteiger partial charge in [0.05, 0.1) is 24.7 Å². The summed E-state index contributed by atoms with van der Waals surface area (Å²) in [7, 11) is 1.58. The summed E-state index contributed by atoms with van der Waals surface area (Å²) >= 11 is 1.14. The van der Waals surface area contributed by atoms with Gasteiger partial charge in [-0.2, -0.15) is 0 Å². The molecule has 0 saturated heterocycles. The van der Waals surface area contributed by atoms with Crippen molar-refractivity contribution in [3.63, 3.8) is 0 Å². The lowest BCUT2D eigenvalue weighted by Crippen LogP contribution is -2.37. The summed E-state index contributed by atoms with van der Waals surface area (Å²) in [5.74, 6) is 1.07. The molecule has 1 unspecified atom stereocenters. The molecule has 9 heteroatoms. The van der Waals surface area contributed by atoms with Crippen LogP contribution in [0.1, 0.15) is 20.3 Å². The Labute approximate surface area is 178 Å². The molecule has 1 atom stereocenters. The Morgan fingerprint density at radius 3 is 2.60 bits per heavy atom. The van der Waals surface area contributed by atoms with Gasteiger partial charge in [-0.3, -0.25) is 9.32 Å². The van der Waals surface area contributed by atoms with Gasteiger partial charge in [0.25, 0.3) is 0 Å². The number of aromatic amines is 1. The second-order valence-electron chi connectivity index (χ2n) is 6.25. The highest BCUT2D eigenvalue weighted by molar-refractivity contribution is 8.00. The minimum Gasteiger partial charge on any atom is -0.497 e. The van der Waals surface area contributed by atoms with E-state index in [1.54, 1.807) is 43.5 Å². The number of aromatic nitrogens is 2. The molecule has 2 aromatic carbocycles. The molecule has 0 fully saturated rings. The number of carbonyl (C=O) groups is 1. The Morgan fingerprint density at radius 2 is 1.93 bits per heavy atom. The van der Waals surface area contributed by atoms with Crippen LogP contribution in [-0.4, -0.2) is 30.1 Å². The van der Waals surface area contributed by atoms with Crippen molar-refractivity contribution in [2.75, 3.05) is 19.0 Å². The van der Waals surface area contributed by atoms with Crippen LogP contribution in [0.3, 0.4) is 0 Å². The lowest BCUT2D eigenvalue weighted by molar-refractivity contribution is -0.704. The largest absolute Gasteiger partial charge is 0.497 e. The van der Waals surface area contributed by atoms with E-state index in [1.807, 2.05) is 26.0 Å². The number of thioether (sulfide) groups is 1. The van der Waals surface area contributed by atoms with E-state index in [4.69, 9.17) is 14.0 Å². The number of carbonyl (C=O) groups excluding carboxylic acids is 1. The number of rotatable bonds is 9. The molecule has 1 heterocycles. The van der Waals surface area contributed by atoms with Crippen molar-refractivity contribution in [1.29, 1.82) is 0 Å². The molecule has 8 nitrogen and oxygen atoms in total. The molecular weight excluding hydrogens is 406 g/mol. The van der Waals surface area contributed by atoms with Gasteiger partial charge < -0.3 is 14.8 Å². The van der Waals surface area contributed by atoms with Gasteiger partial charge in [0.15, 0.2) is 0 Å². The van der Waals surface area contributed by atoms with Gasteiger partial charge in [0.2, 0.25) is 11.6 Å². The third kappa shape index (κ3) is 4.85. The highest BCUT2D eigenvalue weighted by Crippen LogP contribution is 2.27. The fourth-order valence-corrected chi connectivity index (χ4v) is 3.78.